The smallest absolute Gasteiger partial charge is 0.159 e. The molecule has 2 heterocycles. The Morgan fingerprint density at radius 2 is 0.891 bits per heavy atom. The third kappa shape index (κ3) is 5.13. The van der Waals surface area contributed by atoms with Crippen molar-refractivity contribution in [1.29, 1.82) is 0 Å². The van der Waals surface area contributed by atoms with E-state index in [0.717, 1.165) is 55.6 Å². The summed E-state index contributed by atoms with van der Waals surface area (Å²) in [5, 5.41) is 6.98. The van der Waals surface area contributed by atoms with Crippen LogP contribution in [0.25, 0.3) is 82.5 Å². The number of fused-ring (bicyclic) bond motifs is 8. The summed E-state index contributed by atoms with van der Waals surface area (Å²) in [7, 11) is 0. The Kier molecular flexibility index (Phi) is 7.17. The summed E-state index contributed by atoms with van der Waals surface area (Å²) in [4.78, 5) is 2.34. The molecule has 3 heteroatoms. The molecule has 0 saturated heterocycles. The van der Waals surface area contributed by atoms with Gasteiger partial charge in [0.05, 0.1) is 16.7 Å². The lowest BCUT2D eigenvalue weighted by Gasteiger charge is -2.26. The van der Waals surface area contributed by atoms with Gasteiger partial charge in [0.2, 0.25) is 0 Å². The van der Waals surface area contributed by atoms with E-state index < -0.39 is 0 Å². The highest BCUT2D eigenvalue weighted by Crippen LogP contribution is 2.44. The van der Waals surface area contributed by atoms with Crippen LogP contribution in [0.3, 0.4) is 0 Å². The number of aromatic nitrogens is 1. The van der Waals surface area contributed by atoms with Crippen LogP contribution in [0.1, 0.15) is 0 Å². The first-order chi connectivity index (χ1) is 27.3. The first-order valence-corrected chi connectivity index (χ1v) is 18.8. The minimum absolute atomic E-state index is 0.858. The van der Waals surface area contributed by atoms with Gasteiger partial charge in [-0.3, -0.25) is 0 Å². The highest BCUT2D eigenvalue weighted by molar-refractivity contribution is 6.17. The molecule has 0 aliphatic rings. The SMILES string of the molecule is c1ccc(-c2ccc(-c3ccc(N(c4cccc(-n5c6ccccc6c6ccccc65)c4)c4cccc5c4oc4c6ccccc6ccc54)cc3)cc2)cc1. The molecule has 0 aliphatic carbocycles. The summed E-state index contributed by atoms with van der Waals surface area (Å²) < 4.78 is 9.31. The first kappa shape index (κ1) is 31.2. The predicted molar refractivity (Wildman–Crippen MR) is 231 cm³/mol. The lowest BCUT2D eigenvalue weighted by molar-refractivity contribution is 0.673. The van der Waals surface area contributed by atoms with Crippen LogP contribution in [0.15, 0.2) is 211 Å². The molecule has 0 aliphatic heterocycles. The van der Waals surface area contributed by atoms with Crippen molar-refractivity contribution in [2.24, 2.45) is 0 Å². The Balaban J connectivity index is 1.09. The van der Waals surface area contributed by atoms with Crippen LogP contribution >= 0.6 is 0 Å². The van der Waals surface area contributed by atoms with Crippen molar-refractivity contribution in [3.63, 3.8) is 0 Å². The fraction of sp³-hybridized carbons (Fsp3) is 0. The minimum Gasteiger partial charge on any atom is -0.453 e. The molecule has 0 saturated carbocycles. The number of rotatable bonds is 6. The zero-order valence-corrected chi connectivity index (χ0v) is 29.9. The molecular formula is C52H34N2O. The van der Waals surface area contributed by atoms with Crippen LogP contribution in [-0.2, 0) is 0 Å². The number of hydrogen-bond donors (Lipinski definition) is 0. The average molecular weight is 703 g/mol. The minimum atomic E-state index is 0.858. The molecule has 0 N–H and O–H groups in total. The van der Waals surface area contributed by atoms with Crippen LogP contribution in [0.4, 0.5) is 17.1 Å². The van der Waals surface area contributed by atoms with E-state index in [-0.39, 0.29) is 0 Å². The van der Waals surface area contributed by atoms with Gasteiger partial charge in [0.25, 0.3) is 0 Å². The molecule has 258 valence electrons. The summed E-state index contributed by atoms with van der Waals surface area (Å²) in [6.07, 6.45) is 0. The van der Waals surface area contributed by atoms with Crippen LogP contribution in [0.5, 0.6) is 0 Å². The highest BCUT2D eigenvalue weighted by atomic mass is 16.3. The lowest BCUT2D eigenvalue weighted by atomic mass is 10.00. The second kappa shape index (κ2) is 12.6. The molecule has 0 bridgehead atoms. The van der Waals surface area contributed by atoms with Gasteiger partial charge < -0.3 is 13.9 Å². The Hall–Kier alpha value is -7.36. The van der Waals surface area contributed by atoms with Crippen LogP contribution < -0.4 is 4.90 Å². The van der Waals surface area contributed by atoms with Crippen molar-refractivity contribution in [1.82, 2.24) is 4.57 Å². The molecule has 11 rings (SSSR count). The second-order valence-electron chi connectivity index (χ2n) is 14.1. The van der Waals surface area contributed by atoms with Crippen molar-refractivity contribution < 1.29 is 4.42 Å². The highest BCUT2D eigenvalue weighted by Gasteiger charge is 2.21. The zero-order chi connectivity index (χ0) is 36.3. The normalized spacial score (nSPS) is 11.6. The molecule has 0 atom stereocenters. The van der Waals surface area contributed by atoms with E-state index in [0.29, 0.717) is 0 Å². The summed E-state index contributed by atoms with van der Waals surface area (Å²) >= 11 is 0. The molecule has 3 nitrogen and oxygen atoms in total. The third-order valence-electron chi connectivity index (χ3n) is 11.0. The van der Waals surface area contributed by atoms with E-state index in [1.165, 1.54) is 43.9 Å². The molecule has 0 spiro atoms. The van der Waals surface area contributed by atoms with Crippen molar-refractivity contribution in [3.8, 4) is 27.9 Å². The number of anilines is 3. The summed E-state index contributed by atoms with van der Waals surface area (Å²) in [6, 6.07) is 73.8. The van der Waals surface area contributed by atoms with Gasteiger partial charge in [-0.25, -0.2) is 0 Å². The molecular weight excluding hydrogens is 669 g/mol. The van der Waals surface area contributed by atoms with Crippen molar-refractivity contribution >= 4 is 71.6 Å². The van der Waals surface area contributed by atoms with Gasteiger partial charge in [-0.1, -0.05) is 152 Å². The van der Waals surface area contributed by atoms with E-state index in [2.05, 4.69) is 216 Å². The zero-order valence-electron chi connectivity index (χ0n) is 29.9. The Bertz CT molecular complexity index is 3140. The Labute approximate surface area is 318 Å². The molecule has 0 radical (unpaired) electrons. The fourth-order valence-electron chi connectivity index (χ4n) is 8.38. The number of furan rings is 1. The molecule has 9 aromatic carbocycles. The molecule has 0 unspecified atom stereocenters. The van der Waals surface area contributed by atoms with E-state index in [4.69, 9.17) is 4.42 Å². The van der Waals surface area contributed by atoms with Gasteiger partial charge in [-0.15, -0.1) is 0 Å². The van der Waals surface area contributed by atoms with Gasteiger partial charge in [-0.05, 0) is 82.2 Å². The second-order valence-corrected chi connectivity index (χ2v) is 14.1. The molecule has 0 fully saturated rings. The van der Waals surface area contributed by atoms with E-state index >= 15 is 0 Å². The topological polar surface area (TPSA) is 21.3 Å². The monoisotopic (exact) mass is 702 g/mol. The number of benzene rings is 9. The quantitative estimate of drug-likeness (QED) is 0.172. The van der Waals surface area contributed by atoms with E-state index in [1.807, 2.05) is 0 Å². The Morgan fingerprint density at radius 1 is 0.345 bits per heavy atom. The van der Waals surface area contributed by atoms with Crippen molar-refractivity contribution in [2.75, 3.05) is 4.90 Å². The van der Waals surface area contributed by atoms with Crippen LogP contribution in [0, 0.1) is 0 Å². The third-order valence-corrected chi connectivity index (χ3v) is 11.0. The molecule has 2 aromatic heterocycles. The predicted octanol–water partition coefficient (Wildman–Crippen LogP) is 14.6. The van der Waals surface area contributed by atoms with Gasteiger partial charge in [-0.2, -0.15) is 0 Å². The fourth-order valence-corrected chi connectivity index (χ4v) is 8.38. The van der Waals surface area contributed by atoms with Crippen molar-refractivity contribution in [2.45, 2.75) is 0 Å². The summed E-state index contributed by atoms with van der Waals surface area (Å²) in [5.74, 6) is 0. The Morgan fingerprint density at radius 3 is 1.60 bits per heavy atom. The van der Waals surface area contributed by atoms with E-state index in [1.54, 1.807) is 0 Å². The van der Waals surface area contributed by atoms with Crippen molar-refractivity contribution in [3.05, 3.63) is 206 Å². The lowest BCUT2D eigenvalue weighted by Crippen LogP contribution is -2.11. The number of hydrogen-bond acceptors (Lipinski definition) is 2. The van der Waals surface area contributed by atoms with Crippen LogP contribution in [0.2, 0.25) is 0 Å². The first-order valence-electron chi connectivity index (χ1n) is 18.8. The maximum atomic E-state index is 6.93. The molecule has 0 amide bonds. The molecule has 11 aromatic rings. The summed E-state index contributed by atoms with van der Waals surface area (Å²) in [6.45, 7) is 0. The maximum absolute atomic E-state index is 6.93. The van der Waals surface area contributed by atoms with Gasteiger partial charge in [0.1, 0.15) is 5.58 Å². The average Bonchev–Trinajstić information content (AvgIpc) is 3.82. The van der Waals surface area contributed by atoms with Crippen LogP contribution in [-0.4, -0.2) is 4.57 Å². The molecule has 55 heavy (non-hydrogen) atoms. The summed E-state index contributed by atoms with van der Waals surface area (Å²) in [5.41, 5.74) is 13.1. The van der Waals surface area contributed by atoms with E-state index in [9.17, 15) is 0 Å². The van der Waals surface area contributed by atoms with Gasteiger partial charge >= 0.3 is 0 Å². The standard InChI is InChI=1S/C52H34N2O/c1-2-12-35(13-3-1)36-24-26-37(27-25-36)38-28-31-40(32-29-38)53(50-23-11-20-46-47-33-30-39-14-4-5-17-43(39)51(47)55-52(46)50)41-15-10-16-42(34-41)54-48-21-8-6-18-44(48)45-19-7-9-22-49(45)54/h1-34H. The van der Waals surface area contributed by atoms with Gasteiger partial charge in [0, 0.05) is 44.0 Å². The largest absolute Gasteiger partial charge is 0.453 e. The number of nitrogens with zero attached hydrogens (tertiary/aromatic N) is 2. The van der Waals surface area contributed by atoms with Gasteiger partial charge in [0.15, 0.2) is 5.58 Å². The number of para-hydroxylation sites is 3. The maximum Gasteiger partial charge on any atom is 0.159 e.